The Morgan fingerprint density at radius 1 is 1.47 bits per heavy atom. The highest BCUT2D eigenvalue weighted by Gasteiger charge is 2.12. The van der Waals surface area contributed by atoms with E-state index in [-0.39, 0.29) is 23.7 Å². The maximum absolute atomic E-state index is 11.4. The first-order valence-electron chi connectivity index (χ1n) is 5.84. The quantitative estimate of drug-likeness (QED) is 0.472. The van der Waals surface area contributed by atoms with E-state index in [1.807, 2.05) is 6.92 Å². The lowest BCUT2D eigenvalue weighted by molar-refractivity contribution is -0.146. The summed E-state index contributed by atoms with van der Waals surface area (Å²) in [6.45, 7) is 2.04. The van der Waals surface area contributed by atoms with Crippen molar-refractivity contribution >= 4 is 28.2 Å². The van der Waals surface area contributed by atoms with Crippen LogP contribution in [0.25, 0.3) is 0 Å². The molecule has 104 valence electrons. The minimum absolute atomic E-state index is 0.00422. The summed E-state index contributed by atoms with van der Waals surface area (Å²) < 4.78 is 10.6. The highest BCUT2D eigenvalue weighted by Crippen LogP contribution is 2.30. The predicted octanol–water partition coefficient (Wildman–Crippen LogP) is 2.69. The van der Waals surface area contributed by atoms with Gasteiger partial charge in [-0.1, -0.05) is 29.3 Å². The van der Waals surface area contributed by atoms with Gasteiger partial charge in [0.25, 0.3) is 0 Å². The van der Waals surface area contributed by atoms with Crippen LogP contribution in [0.4, 0.5) is 0 Å². The van der Waals surface area contributed by atoms with Gasteiger partial charge in [-0.05, 0) is 18.6 Å². The fraction of sp³-hybridized carbons (Fsp3) is 0.385. The number of hydrogen-bond donors (Lipinski definition) is 1. The van der Waals surface area contributed by atoms with Crippen molar-refractivity contribution in [1.82, 2.24) is 0 Å². The molecule has 0 unspecified atom stereocenters. The highest BCUT2D eigenvalue weighted by molar-refractivity contribution is 9.10. The minimum atomic E-state index is -0.509. The molecular weight excluding hydrogens is 316 g/mol. The van der Waals surface area contributed by atoms with Crippen LogP contribution < -0.4 is 4.74 Å². The Kier molecular flexibility index (Phi) is 6.35. The number of unbranched alkanes of at least 4 members (excludes halogenated alkanes) is 1. The molecule has 0 saturated heterocycles. The molecule has 5 nitrogen and oxygen atoms in total. The van der Waals surface area contributed by atoms with Crippen LogP contribution in [-0.2, 0) is 9.53 Å². The van der Waals surface area contributed by atoms with Crippen molar-refractivity contribution in [2.45, 2.75) is 19.8 Å². The Labute approximate surface area is 119 Å². The number of esters is 1. The Hall–Kier alpha value is -1.56. The highest BCUT2D eigenvalue weighted by atomic mass is 79.9. The average molecular weight is 331 g/mol. The van der Waals surface area contributed by atoms with Crippen LogP contribution >= 0.6 is 15.9 Å². The molecule has 0 aliphatic heterocycles. The summed E-state index contributed by atoms with van der Waals surface area (Å²) in [6.07, 6.45) is 2.20. The van der Waals surface area contributed by atoms with E-state index >= 15 is 0 Å². The topological polar surface area (TPSA) is 72.8 Å². The SMILES string of the molecule is CCCCOC(=O)COc1cc(Br)cc(O)c1C=O. The van der Waals surface area contributed by atoms with E-state index in [0.717, 1.165) is 12.8 Å². The standard InChI is InChI=1S/C13H15BrO5/c1-2-3-4-18-13(17)8-19-12-6-9(14)5-11(16)10(12)7-15/h5-7,16H,2-4,8H2,1H3. The molecule has 0 radical (unpaired) electrons. The van der Waals surface area contributed by atoms with Crippen molar-refractivity contribution in [3.8, 4) is 11.5 Å². The average Bonchev–Trinajstić information content (AvgIpc) is 2.36. The van der Waals surface area contributed by atoms with Gasteiger partial charge in [-0.3, -0.25) is 4.79 Å². The fourth-order valence-corrected chi connectivity index (χ4v) is 1.75. The van der Waals surface area contributed by atoms with Gasteiger partial charge >= 0.3 is 5.97 Å². The van der Waals surface area contributed by atoms with Crippen molar-refractivity contribution in [1.29, 1.82) is 0 Å². The number of benzene rings is 1. The third kappa shape index (κ3) is 4.90. The van der Waals surface area contributed by atoms with Gasteiger partial charge in [0.1, 0.15) is 11.5 Å². The summed E-state index contributed by atoms with van der Waals surface area (Å²) in [6, 6.07) is 2.87. The summed E-state index contributed by atoms with van der Waals surface area (Å²) in [5.74, 6) is -0.585. The second-order valence-electron chi connectivity index (χ2n) is 3.82. The Bertz CT molecular complexity index is 459. The van der Waals surface area contributed by atoms with E-state index < -0.39 is 5.97 Å². The molecule has 0 fully saturated rings. The first-order chi connectivity index (χ1) is 9.08. The van der Waals surface area contributed by atoms with E-state index in [1.165, 1.54) is 12.1 Å². The molecule has 0 saturated carbocycles. The summed E-state index contributed by atoms with van der Waals surface area (Å²) in [4.78, 5) is 22.2. The molecule has 0 aliphatic rings. The number of carbonyl (C=O) groups is 2. The van der Waals surface area contributed by atoms with Crippen molar-refractivity contribution in [2.24, 2.45) is 0 Å². The molecule has 0 aromatic heterocycles. The van der Waals surface area contributed by atoms with Gasteiger partial charge in [0.05, 0.1) is 12.2 Å². The van der Waals surface area contributed by atoms with Crippen molar-refractivity contribution in [3.05, 3.63) is 22.2 Å². The summed E-state index contributed by atoms with van der Waals surface area (Å²) in [7, 11) is 0. The lowest BCUT2D eigenvalue weighted by Crippen LogP contribution is -2.16. The number of halogens is 1. The largest absolute Gasteiger partial charge is 0.507 e. The number of hydrogen-bond acceptors (Lipinski definition) is 5. The molecular formula is C13H15BrO5. The predicted molar refractivity (Wildman–Crippen MR) is 72.6 cm³/mol. The van der Waals surface area contributed by atoms with Crippen molar-refractivity contribution < 1.29 is 24.2 Å². The molecule has 19 heavy (non-hydrogen) atoms. The van der Waals surface area contributed by atoms with Gasteiger partial charge < -0.3 is 14.6 Å². The molecule has 0 heterocycles. The van der Waals surface area contributed by atoms with Crippen LogP contribution in [0.5, 0.6) is 11.5 Å². The van der Waals surface area contributed by atoms with Gasteiger partial charge in [0, 0.05) is 4.47 Å². The number of rotatable bonds is 7. The molecule has 6 heteroatoms. The number of phenols is 1. The zero-order chi connectivity index (χ0) is 14.3. The molecule has 1 N–H and O–H groups in total. The van der Waals surface area contributed by atoms with Crippen molar-refractivity contribution in [3.63, 3.8) is 0 Å². The molecule has 0 spiro atoms. The van der Waals surface area contributed by atoms with Gasteiger partial charge in [-0.2, -0.15) is 0 Å². The second kappa shape index (κ2) is 7.78. The number of phenolic OH excluding ortho intramolecular Hbond substituents is 1. The van der Waals surface area contributed by atoms with Crippen LogP contribution in [0.15, 0.2) is 16.6 Å². The zero-order valence-electron chi connectivity index (χ0n) is 10.5. The van der Waals surface area contributed by atoms with Crippen LogP contribution in [0, 0.1) is 0 Å². The number of aldehydes is 1. The van der Waals surface area contributed by atoms with Gasteiger partial charge in [0.2, 0.25) is 0 Å². The number of carbonyl (C=O) groups excluding carboxylic acids is 2. The first kappa shape index (κ1) is 15.5. The lowest BCUT2D eigenvalue weighted by Gasteiger charge is -2.10. The minimum Gasteiger partial charge on any atom is -0.507 e. The fourth-order valence-electron chi connectivity index (χ4n) is 1.33. The van der Waals surface area contributed by atoms with E-state index in [2.05, 4.69) is 15.9 Å². The molecule has 0 amide bonds. The molecule has 0 bridgehead atoms. The normalized spacial score (nSPS) is 10.0. The molecule has 0 atom stereocenters. The Balaban J connectivity index is 2.62. The second-order valence-corrected chi connectivity index (χ2v) is 4.73. The van der Waals surface area contributed by atoms with Crippen LogP contribution in [-0.4, -0.2) is 30.6 Å². The van der Waals surface area contributed by atoms with E-state index in [4.69, 9.17) is 9.47 Å². The first-order valence-corrected chi connectivity index (χ1v) is 6.64. The summed E-state index contributed by atoms with van der Waals surface area (Å²) in [5, 5.41) is 9.55. The maximum Gasteiger partial charge on any atom is 0.344 e. The zero-order valence-corrected chi connectivity index (χ0v) is 12.1. The van der Waals surface area contributed by atoms with E-state index in [1.54, 1.807) is 0 Å². The van der Waals surface area contributed by atoms with Crippen LogP contribution in [0.1, 0.15) is 30.1 Å². The molecule has 1 aromatic rings. The monoisotopic (exact) mass is 330 g/mol. The van der Waals surface area contributed by atoms with Crippen molar-refractivity contribution in [2.75, 3.05) is 13.2 Å². The third-order valence-corrected chi connectivity index (χ3v) is 2.77. The van der Waals surface area contributed by atoms with Gasteiger partial charge in [-0.15, -0.1) is 0 Å². The van der Waals surface area contributed by atoms with Gasteiger partial charge in [-0.25, -0.2) is 4.79 Å². The summed E-state index contributed by atoms with van der Waals surface area (Å²) in [5.41, 5.74) is 0.00422. The lowest BCUT2D eigenvalue weighted by atomic mass is 10.2. The Morgan fingerprint density at radius 3 is 2.84 bits per heavy atom. The molecule has 0 aliphatic carbocycles. The third-order valence-electron chi connectivity index (χ3n) is 2.31. The number of aromatic hydroxyl groups is 1. The van der Waals surface area contributed by atoms with Gasteiger partial charge in [0.15, 0.2) is 12.9 Å². The van der Waals surface area contributed by atoms with Crippen LogP contribution in [0.3, 0.4) is 0 Å². The van der Waals surface area contributed by atoms with E-state index in [9.17, 15) is 14.7 Å². The maximum atomic E-state index is 11.4. The van der Waals surface area contributed by atoms with E-state index in [0.29, 0.717) is 17.4 Å². The smallest absolute Gasteiger partial charge is 0.344 e. The molecule has 1 rings (SSSR count). The Morgan fingerprint density at radius 2 is 2.21 bits per heavy atom. The number of ether oxygens (including phenoxy) is 2. The summed E-state index contributed by atoms with van der Waals surface area (Å²) >= 11 is 3.16. The molecule has 1 aromatic carbocycles. The van der Waals surface area contributed by atoms with Crippen LogP contribution in [0.2, 0.25) is 0 Å².